The van der Waals surface area contributed by atoms with Crippen molar-refractivity contribution in [3.05, 3.63) is 105 Å². The minimum Gasteiger partial charge on any atom is -0.349 e. The molecule has 2 fully saturated rings. The van der Waals surface area contributed by atoms with Crippen molar-refractivity contribution >= 4 is 46.4 Å². The summed E-state index contributed by atoms with van der Waals surface area (Å²) in [5, 5.41) is 11.7. The Hall–Kier alpha value is -4.21. The van der Waals surface area contributed by atoms with Gasteiger partial charge in [-0.15, -0.1) is 0 Å². The summed E-state index contributed by atoms with van der Waals surface area (Å²) in [6.45, 7) is 0. The highest BCUT2D eigenvalue weighted by Gasteiger charge is 2.74. The lowest BCUT2D eigenvalue weighted by molar-refractivity contribution is -0.384. The number of carbonyl (C=O) groups is 4. The normalized spacial score (nSPS) is 23.9. The Balaban J connectivity index is 1.54. The van der Waals surface area contributed by atoms with Crippen molar-refractivity contribution in [1.29, 1.82) is 0 Å². The second-order valence-corrected chi connectivity index (χ2v) is 9.26. The highest BCUT2D eigenvalue weighted by Crippen LogP contribution is 2.57. The lowest BCUT2D eigenvalue weighted by Crippen LogP contribution is -2.51. The molecule has 3 aliphatic rings. The molecule has 0 saturated carbocycles. The second-order valence-electron chi connectivity index (χ2n) is 8.82. The topological polar surface area (TPSA) is 124 Å². The van der Waals surface area contributed by atoms with Crippen molar-refractivity contribution in [2.24, 2.45) is 11.8 Å². The van der Waals surface area contributed by atoms with Crippen LogP contribution in [-0.2, 0) is 14.3 Å². The quantitative estimate of drug-likeness (QED) is 0.230. The number of Topliss-reactive ketones (excluding diaryl/α,β-unsaturated/α-hetero) is 2. The van der Waals surface area contributed by atoms with Gasteiger partial charge in [0.25, 0.3) is 5.69 Å². The molecule has 10 heteroatoms. The van der Waals surface area contributed by atoms with E-state index in [0.717, 1.165) is 11.0 Å². The average molecular weight is 503 g/mol. The fourth-order valence-electron chi connectivity index (χ4n) is 5.47. The van der Waals surface area contributed by atoms with E-state index in [0.29, 0.717) is 10.6 Å². The van der Waals surface area contributed by atoms with Crippen LogP contribution in [0.15, 0.2) is 72.8 Å². The number of ether oxygens (including phenoxy) is 1. The number of nitro groups is 1. The lowest BCUT2D eigenvalue weighted by atomic mass is 9.77. The Labute approximate surface area is 208 Å². The number of hydrogen-bond donors (Lipinski definition) is 0. The molecule has 36 heavy (non-hydrogen) atoms. The van der Waals surface area contributed by atoms with E-state index in [1.165, 1.54) is 30.3 Å². The van der Waals surface area contributed by atoms with Gasteiger partial charge in [0, 0.05) is 28.3 Å². The molecule has 2 saturated heterocycles. The summed E-state index contributed by atoms with van der Waals surface area (Å²) in [5.74, 6) is -5.55. The van der Waals surface area contributed by atoms with E-state index in [9.17, 15) is 29.3 Å². The number of carbonyl (C=O) groups excluding carboxylic acids is 4. The maximum atomic E-state index is 13.8. The van der Waals surface area contributed by atoms with E-state index >= 15 is 0 Å². The number of benzene rings is 3. The average Bonchev–Trinajstić information content (AvgIpc) is 3.44. The summed E-state index contributed by atoms with van der Waals surface area (Å²) in [7, 11) is 0. The number of halogens is 1. The summed E-state index contributed by atoms with van der Waals surface area (Å²) >= 11 is 6.02. The fraction of sp³-hybridized carbons (Fsp3) is 0.154. The van der Waals surface area contributed by atoms with Crippen molar-refractivity contribution in [3.8, 4) is 0 Å². The molecule has 0 aromatic heterocycles. The molecule has 3 atom stereocenters. The first-order chi connectivity index (χ1) is 17.3. The van der Waals surface area contributed by atoms with Crippen LogP contribution in [-0.4, -0.2) is 33.9 Å². The Morgan fingerprint density at radius 3 is 2.11 bits per heavy atom. The van der Waals surface area contributed by atoms with E-state index in [1.807, 2.05) is 0 Å². The van der Waals surface area contributed by atoms with E-state index in [4.69, 9.17) is 16.3 Å². The molecule has 6 rings (SSSR count). The van der Waals surface area contributed by atoms with Crippen molar-refractivity contribution in [3.63, 3.8) is 0 Å². The summed E-state index contributed by atoms with van der Waals surface area (Å²) in [6.07, 6.45) is -1.10. The first kappa shape index (κ1) is 22.3. The van der Waals surface area contributed by atoms with Gasteiger partial charge in [-0.2, -0.15) is 0 Å². The summed E-state index contributed by atoms with van der Waals surface area (Å²) < 4.78 is 6.18. The fourth-order valence-corrected chi connectivity index (χ4v) is 5.60. The van der Waals surface area contributed by atoms with Crippen LogP contribution >= 0.6 is 11.6 Å². The van der Waals surface area contributed by atoms with Gasteiger partial charge in [-0.3, -0.25) is 29.3 Å². The maximum absolute atomic E-state index is 13.8. The van der Waals surface area contributed by atoms with Crippen LogP contribution in [0.5, 0.6) is 0 Å². The molecule has 2 aliphatic heterocycles. The molecule has 2 amide bonds. The number of hydrogen-bond acceptors (Lipinski definition) is 7. The van der Waals surface area contributed by atoms with Crippen molar-refractivity contribution in [2.75, 3.05) is 4.90 Å². The number of rotatable bonds is 3. The van der Waals surface area contributed by atoms with Crippen molar-refractivity contribution < 1.29 is 28.8 Å². The molecule has 9 nitrogen and oxygen atoms in total. The number of fused-ring (bicyclic) bond motifs is 3. The summed E-state index contributed by atoms with van der Waals surface area (Å²) in [6, 6.07) is 17.6. The molecule has 0 bridgehead atoms. The third-order valence-corrected chi connectivity index (χ3v) is 7.27. The molecule has 0 radical (unpaired) electrons. The standard InChI is InChI=1S/C26H15ClN2O7/c27-14-10-8-13(9-11-14)21-19-20(26(36-21)22(30)17-6-1-2-7-18(17)23(26)31)25(33)28(24(19)32)15-4-3-5-16(12-15)29(34)35/h1-12,19-21H/t19-,20-,21+/m0/s1. The number of imide groups is 1. The molecular weight excluding hydrogens is 488 g/mol. The van der Waals surface area contributed by atoms with Crippen molar-refractivity contribution in [1.82, 2.24) is 0 Å². The minimum absolute atomic E-state index is 0.0194. The molecule has 178 valence electrons. The Morgan fingerprint density at radius 1 is 0.861 bits per heavy atom. The minimum atomic E-state index is -2.22. The molecule has 2 heterocycles. The van der Waals surface area contributed by atoms with Gasteiger partial charge < -0.3 is 4.74 Å². The van der Waals surface area contributed by atoms with Crippen LogP contribution in [0.4, 0.5) is 11.4 Å². The predicted octanol–water partition coefficient (Wildman–Crippen LogP) is 3.94. The lowest BCUT2D eigenvalue weighted by Gasteiger charge is -2.27. The van der Waals surface area contributed by atoms with Gasteiger partial charge in [-0.25, -0.2) is 4.90 Å². The zero-order valence-corrected chi connectivity index (χ0v) is 19.0. The van der Waals surface area contributed by atoms with Gasteiger partial charge in [0.2, 0.25) is 29.0 Å². The van der Waals surface area contributed by atoms with Crippen molar-refractivity contribution in [2.45, 2.75) is 11.7 Å². The van der Waals surface area contributed by atoms with E-state index in [2.05, 4.69) is 0 Å². The maximum Gasteiger partial charge on any atom is 0.271 e. The summed E-state index contributed by atoms with van der Waals surface area (Å²) in [4.78, 5) is 66.5. The zero-order chi connectivity index (χ0) is 25.4. The van der Waals surface area contributed by atoms with Gasteiger partial charge >= 0.3 is 0 Å². The first-order valence-electron chi connectivity index (χ1n) is 11.0. The monoisotopic (exact) mass is 502 g/mol. The highest BCUT2D eigenvalue weighted by molar-refractivity contribution is 6.37. The second kappa shape index (κ2) is 7.64. The number of nitrogens with zero attached hydrogens (tertiary/aromatic N) is 2. The molecule has 3 aromatic rings. The number of anilines is 1. The molecule has 0 N–H and O–H groups in total. The van der Waals surface area contributed by atoms with Gasteiger partial charge in [-0.1, -0.05) is 54.1 Å². The molecular formula is C26H15ClN2O7. The molecule has 1 aliphatic carbocycles. The van der Waals surface area contributed by atoms with E-state index in [-0.39, 0.29) is 22.5 Å². The van der Waals surface area contributed by atoms with Gasteiger partial charge in [0.1, 0.15) is 0 Å². The number of non-ortho nitro benzene ring substituents is 1. The van der Waals surface area contributed by atoms with E-state index in [1.54, 1.807) is 36.4 Å². The zero-order valence-electron chi connectivity index (χ0n) is 18.3. The Bertz CT molecular complexity index is 1480. The van der Waals surface area contributed by atoms with E-state index < -0.39 is 51.8 Å². The number of amides is 2. The largest absolute Gasteiger partial charge is 0.349 e. The smallest absolute Gasteiger partial charge is 0.271 e. The third-order valence-electron chi connectivity index (χ3n) is 7.02. The van der Waals surface area contributed by atoms with Gasteiger partial charge in [0.15, 0.2) is 0 Å². The SMILES string of the molecule is O=C1[C@@H]2[C@@H](c3ccc(Cl)cc3)OC3(C(=O)c4ccccc4C3=O)[C@@H]2C(=O)N1c1cccc([N+](=O)[O-])c1. The molecule has 3 aromatic carbocycles. The molecule has 0 unspecified atom stereocenters. The Kier molecular flexibility index (Phi) is 4.73. The van der Waals surface area contributed by atoms with Crippen LogP contribution in [0.25, 0.3) is 0 Å². The van der Waals surface area contributed by atoms with Gasteiger partial charge in [0.05, 0.1) is 28.6 Å². The van der Waals surface area contributed by atoms with Gasteiger partial charge in [-0.05, 0) is 23.8 Å². The third kappa shape index (κ3) is 2.81. The predicted molar refractivity (Wildman–Crippen MR) is 126 cm³/mol. The first-order valence-corrected chi connectivity index (χ1v) is 11.4. The van der Waals surface area contributed by atoms with Crippen LogP contribution in [0.2, 0.25) is 5.02 Å². The van der Waals surface area contributed by atoms with Crippen LogP contribution in [0, 0.1) is 22.0 Å². The highest BCUT2D eigenvalue weighted by atomic mass is 35.5. The summed E-state index contributed by atoms with van der Waals surface area (Å²) in [5.41, 5.74) is -1.86. The Morgan fingerprint density at radius 2 is 1.50 bits per heavy atom. The number of ketones is 2. The van der Waals surface area contributed by atoms with Crippen LogP contribution in [0.1, 0.15) is 32.4 Å². The van der Waals surface area contributed by atoms with Crippen LogP contribution < -0.4 is 4.90 Å². The number of nitro benzene ring substituents is 1. The molecule has 1 spiro atoms. The van der Waals surface area contributed by atoms with Crippen LogP contribution in [0.3, 0.4) is 0 Å².